The van der Waals surface area contributed by atoms with Crippen LogP contribution in [0, 0.1) is 6.92 Å². The summed E-state index contributed by atoms with van der Waals surface area (Å²) in [7, 11) is 0. The van der Waals surface area contributed by atoms with E-state index in [1.54, 1.807) is 85.0 Å². The number of ether oxygens (including phenoxy) is 1. The van der Waals surface area contributed by atoms with Crippen molar-refractivity contribution in [2.45, 2.75) is 38.5 Å². The van der Waals surface area contributed by atoms with Crippen LogP contribution in [0.5, 0.6) is 0 Å². The number of rotatable bonds is 14. The van der Waals surface area contributed by atoms with Crippen molar-refractivity contribution in [1.29, 1.82) is 0 Å². The summed E-state index contributed by atoms with van der Waals surface area (Å²) < 4.78 is 36.2. The van der Waals surface area contributed by atoms with Crippen LogP contribution in [-0.4, -0.2) is 57.7 Å². The molecule has 4 aromatic rings. The molecule has 254 valence electrons. The van der Waals surface area contributed by atoms with Crippen LogP contribution < -0.4 is 27.2 Å². The molecule has 5 N–H and O–H groups in total. The van der Waals surface area contributed by atoms with Crippen LogP contribution in [0.2, 0.25) is 0 Å². The second-order valence-electron chi connectivity index (χ2n) is 10.8. The zero-order valence-corrected chi connectivity index (χ0v) is 26.2. The van der Waals surface area contributed by atoms with Crippen molar-refractivity contribution in [3.8, 4) is 11.4 Å². The summed E-state index contributed by atoms with van der Waals surface area (Å²) in [5.41, 5.74) is 5.94. The van der Waals surface area contributed by atoms with Gasteiger partial charge in [0.25, 0.3) is 11.5 Å². The molecule has 15 heteroatoms. The minimum absolute atomic E-state index is 0.00542. The number of hydrogen-bond acceptors (Lipinski definition) is 8. The standard InChI is InChI=1S/C34H32F2N6O7/c1-21-9-8-14-24(15-21)30-38-17-26(41-33(48)49-20-23-12-6-3-7-13-23)31(46)42(30)19-28(44)40-25(16-22-10-4-2-5-11-22)29(45)34(35,36)32(47)39-18-27(37)43/h2-15,17,25H,16,18-20H2,1H3,(H2,37,43)(H,39,47)(H,40,44)(H,41,48). The van der Waals surface area contributed by atoms with E-state index < -0.39 is 66.6 Å². The molecule has 0 aliphatic heterocycles. The summed E-state index contributed by atoms with van der Waals surface area (Å²) in [5.74, 6) is -10.9. The van der Waals surface area contributed by atoms with Gasteiger partial charge in [-0.1, -0.05) is 84.4 Å². The summed E-state index contributed by atoms with van der Waals surface area (Å²) in [6.07, 6.45) is -0.338. The number of alkyl halides is 2. The van der Waals surface area contributed by atoms with E-state index in [1.165, 1.54) is 12.1 Å². The van der Waals surface area contributed by atoms with Gasteiger partial charge in [0.2, 0.25) is 17.6 Å². The van der Waals surface area contributed by atoms with Crippen LogP contribution in [-0.2, 0) is 43.5 Å². The molecule has 4 amide bonds. The van der Waals surface area contributed by atoms with E-state index in [1.807, 2.05) is 0 Å². The fraction of sp³-hybridized carbons (Fsp3) is 0.206. The number of carbonyl (C=O) groups is 5. The molecule has 3 aromatic carbocycles. The number of ketones is 1. The van der Waals surface area contributed by atoms with Crippen LogP contribution in [0.3, 0.4) is 0 Å². The molecular weight excluding hydrogens is 642 g/mol. The fourth-order valence-corrected chi connectivity index (χ4v) is 4.66. The summed E-state index contributed by atoms with van der Waals surface area (Å²) in [5, 5.41) is 6.12. The Labute approximate surface area is 278 Å². The van der Waals surface area contributed by atoms with Gasteiger partial charge < -0.3 is 21.1 Å². The fourth-order valence-electron chi connectivity index (χ4n) is 4.66. The molecule has 0 radical (unpaired) electrons. The van der Waals surface area contributed by atoms with Crippen LogP contribution >= 0.6 is 0 Å². The van der Waals surface area contributed by atoms with Crippen molar-refractivity contribution >= 4 is 35.3 Å². The lowest BCUT2D eigenvalue weighted by Crippen LogP contribution is -2.56. The lowest BCUT2D eigenvalue weighted by molar-refractivity contribution is -0.160. The van der Waals surface area contributed by atoms with E-state index in [4.69, 9.17) is 10.5 Å². The molecule has 49 heavy (non-hydrogen) atoms. The minimum atomic E-state index is -4.67. The second-order valence-corrected chi connectivity index (χ2v) is 10.8. The molecule has 0 saturated heterocycles. The van der Waals surface area contributed by atoms with Gasteiger partial charge in [-0.05, 0) is 24.1 Å². The second kappa shape index (κ2) is 16.0. The molecule has 1 atom stereocenters. The lowest BCUT2D eigenvalue weighted by Gasteiger charge is -2.23. The van der Waals surface area contributed by atoms with Gasteiger partial charge in [-0.3, -0.25) is 33.9 Å². The van der Waals surface area contributed by atoms with Crippen molar-refractivity contribution in [3.63, 3.8) is 0 Å². The first-order chi connectivity index (χ1) is 23.3. The van der Waals surface area contributed by atoms with Crippen LogP contribution in [0.1, 0.15) is 16.7 Å². The van der Waals surface area contributed by atoms with Gasteiger partial charge in [0, 0.05) is 12.0 Å². The number of carbonyl (C=O) groups excluding carboxylic acids is 5. The van der Waals surface area contributed by atoms with E-state index in [-0.39, 0.29) is 18.1 Å². The molecule has 1 aromatic heterocycles. The van der Waals surface area contributed by atoms with Crippen molar-refractivity contribution < 1.29 is 37.5 Å². The molecule has 0 spiro atoms. The number of anilines is 1. The monoisotopic (exact) mass is 674 g/mol. The predicted octanol–water partition coefficient (Wildman–Crippen LogP) is 2.50. The van der Waals surface area contributed by atoms with E-state index >= 15 is 8.78 Å². The Morgan fingerprint density at radius 3 is 2.22 bits per heavy atom. The summed E-state index contributed by atoms with van der Waals surface area (Å²) in [6.45, 7) is -0.0854. The number of halogens is 2. The number of aromatic nitrogens is 2. The third-order valence-electron chi connectivity index (χ3n) is 7.03. The highest BCUT2D eigenvalue weighted by molar-refractivity contribution is 6.11. The molecule has 0 fully saturated rings. The number of amides is 4. The Kier molecular flexibility index (Phi) is 11.7. The summed E-state index contributed by atoms with van der Waals surface area (Å²) in [6, 6.07) is 21.5. The highest BCUT2D eigenvalue weighted by atomic mass is 19.3. The van der Waals surface area contributed by atoms with Gasteiger partial charge in [0.15, 0.2) is 0 Å². The number of nitrogens with zero attached hydrogens (tertiary/aromatic N) is 2. The van der Waals surface area contributed by atoms with Crippen LogP contribution in [0.15, 0.2) is 95.9 Å². The molecule has 1 unspecified atom stereocenters. The van der Waals surface area contributed by atoms with Gasteiger partial charge in [-0.25, -0.2) is 9.78 Å². The molecule has 0 aliphatic rings. The Morgan fingerprint density at radius 1 is 0.939 bits per heavy atom. The molecule has 0 bridgehead atoms. The highest BCUT2D eigenvalue weighted by Crippen LogP contribution is 2.21. The maximum atomic E-state index is 15.0. The first-order valence-electron chi connectivity index (χ1n) is 14.8. The van der Waals surface area contributed by atoms with E-state index in [9.17, 15) is 28.8 Å². The summed E-state index contributed by atoms with van der Waals surface area (Å²) in [4.78, 5) is 80.2. The normalized spacial score (nSPS) is 11.6. The smallest absolute Gasteiger partial charge is 0.412 e. The first kappa shape index (κ1) is 35.6. The van der Waals surface area contributed by atoms with E-state index in [0.717, 1.165) is 16.3 Å². The number of nitrogens with two attached hydrogens (primary N) is 1. The van der Waals surface area contributed by atoms with Gasteiger partial charge in [-0.15, -0.1) is 0 Å². The maximum Gasteiger partial charge on any atom is 0.412 e. The molecule has 4 rings (SSSR count). The van der Waals surface area contributed by atoms with Crippen LogP contribution in [0.25, 0.3) is 11.4 Å². The molecule has 0 aliphatic carbocycles. The van der Waals surface area contributed by atoms with Gasteiger partial charge in [-0.2, -0.15) is 8.78 Å². The molecular formula is C34H32F2N6O7. The third kappa shape index (κ3) is 9.63. The molecule has 0 saturated carbocycles. The number of benzene rings is 3. The Bertz CT molecular complexity index is 1900. The maximum absolute atomic E-state index is 15.0. The average molecular weight is 675 g/mol. The number of primary amides is 1. The number of hydrogen-bond donors (Lipinski definition) is 4. The largest absolute Gasteiger partial charge is 0.444 e. The van der Waals surface area contributed by atoms with Gasteiger partial charge in [0.05, 0.1) is 18.8 Å². The predicted molar refractivity (Wildman–Crippen MR) is 173 cm³/mol. The molecule has 1 heterocycles. The van der Waals surface area contributed by atoms with Crippen molar-refractivity contribution in [1.82, 2.24) is 20.2 Å². The zero-order chi connectivity index (χ0) is 35.6. The minimum Gasteiger partial charge on any atom is -0.444 e. The third-order valence-corrected chi connectivity index (χ3v) is 7.03. The number of aryl methyl sites for hydroxylation is 1. The highest BCUT2D eigenvalue weighted by Gasteiger charge is 2.50. The Hall–Kier alpha value is -6.25. The SMILES string of the molecule is Cc1cccc(-c2ncc(NC(=O)OCc3ccccc3)c(=O)n2CC(=O)NC(Cc2ccccc2)C(=O)C(F)(F)C(=O)NCC(N)=O)c1. The topological polar surface area (TPSA) is 192 Å². The van der Waals surface area contributed by atoms with Crippen molar-refractivity contribution in [3.05, 3.63) is 118 Å². The number of nitrogens with one attached hydrogen (secondary N) is 3. The average Bonchev–Trinajstić information content (AvgIpc) is 3.08. The Balaban J connectivity index is 1.63. The zero-order valence-electron chi connectivity index (χ0n) is 26.2. The number of Topliss-reactive ketones (excluding diaryl/α,β-unsaturated/α-hetero) is 1. The Morgan fingerprint density at radius 2 is 1.59 bits per heavy atom. The van der Waals surface area contributed by atoms with Crippen molar-refractivity contribution in [2.24, 2.45) is 5.73 Å². The summed E-state index contributed by atoms with van der Waals surface area (Å²) >= 11 is 0. The van der Waals surface area contributed by atoms with E-state index in [0.29, 0.717) is 16.7 Å². The van der Waals surface area contributed by atoms with Crippen molar-refractivity contribution in [2.75, 3.05) is 11.9 Å². The van der Waals surface area contributed by atoms with Gasteiger partial charge >= 0.3 is 12.0 Å². The van der Waals surface area contributed by atoms with Gasteiger partial charge in [0.1, 0.15) is 24.7 Å². The van der Waals surface area contributed by atoms with Crippen LogP contribution in [0.4, 0.5) is 19.3 Å². The van der Waals surface area contributed by atoms with E-state index in [2.05, 4.69) is 15.6 Å². The first-order valence-corrected chi connectivity index (χ1v) is 14.8. The quantitative estimate of drug-likeness (QED) is 0.147. The lowest BCUT2D eigenvalue weighted by atomic mass is 9.98. The molecule has 13 nitrogen and oxygen atoms in total.